The molecule has 1 aliphatic rings. The molecule has 0 fully saturated rings. The molecule has 0 saturated heterocycles. The van der Waals surface area contributed by atoms with Crippen LogP contribution in [0, 0.1) is 23.1 Å². The lowest BCUT2D eigenvalue weighted by molar-refractivity contribution is 0.102. The predicted octanol–water partition coefficient (Wildman–Crippen LogP) is 4.19. The summed E-state index contributed by atoms with van der Waals surface area (Å²) >= 11 is 1.28. The number of benzene rings is 1. The monoisotopic (exact) mass is 340 g/mol. The number of aromatic nitrogens is 1. The van der Waals surface area contributed by atoms with Crippen LogP contribution < -0.4 is 0 Å². The predicted molar refractivity (Wildman–Crippen MR) is 91.6 cm³/mol. The Morgan fingerprint density at radius 3 is 2.88 bits per heavy atom. The summed E-state index contributed by atoms with van der Waals surface area (Å²) in [6.07, 6.45) is 2.97. The molecule has 5 heteroatoms. The van der Waals surface area contributed by atoms with Crippen molar-refractivity contribution in [1.29, 1.82) is 5.26 Å². The fourth-order valence-electron chi connectivity index (χ4n) is 2.87. The lowest BCUT2D eigenvalue weighted by atomic mass is 9.87. The summed E-state index contributed by atoms with van der Waals surface area (Å²) in [5, 5.41) is 9.98. The zero-order valence-corrected chi connectivity index (χ0v) is 14.2. The van der Waals surface area contributed by atoms with E-state index in [9.17, 15) is 14.4 Å². The summed E-state index contributed by atoms with van der Waals surface area (Å²) < 4.78 is 12.9. The number of Topliss-reactive ketones (excluding diaryl/α,β-unsaturated/α-hetero) is 1. The van der Waals surface area contributed by atoms with E-state index >= 15 is 0 Å². The van der Waals surface area contributed by atoms with Crippen molar-refractivity contribution in [3.63, 3.8) is 0 Å². The highest BCUT2D eigenvalue weighted by atomic mass is 32.2. The van der Waals surface area contributed by atoms with Crippen LogP contribution in [0.5, 0.6) is 0 Å². The fourth-order valence-corrected chi connectivity index (χ4v) is 3.74. The summed E-state index contributed by atoms with van der Waals surface area (Å²) in [4.78, 5) is 16.8. The van der Waals surface area contributed by atoms with Crippen LogP contribution in [0.2, 0.25) is 0 Å². The van der Waals surface area contributed by atoms with Gasteiger partial charge in [0.25, 0.3) is 0 Å². The third-order valence-electron chi connectivity index (χ3n) is 4.23. The Labute approximate surface area is 144 Å². The first-order valence-corrected chi connectivity index (χ1v) is 8.90. The van der Waals surface area contributed by atoms with Gasteiger partial charge in [-0.1, -0.05) is 18.7 Å². The minimum atomic E-state index is -0.364. The number of hydrogen-bond donors (Lipinski definition) is 0. The lowest BCUT2D eigenvalue weighted by Crippen LogP contribution is -2.14. The van der Waals surface area contributed by atoms with E-state index in [1.54, 1.807) is 0 Å². The van der Waals surface area contributed by atoms with Crippen molar-refractivity contribution >= 4 is 17.5 Å². The van der Waals surface area contributed by atoms with Gasteiger partial charge in [0.1, 0.15) is 16.9 Å². The summed E-state index contributed by atoms with van der Waals surface area (Å²) in [7, 11) is 0. The molecule has 0 bridgehead atoms. The summed E-state index contributed by atoms with van der Waals surface area (Å²) in [6, 6.07) is 9.61. The Morgan fingerprint density at radius 2 is 2.17 bits per heavy atom. The van der Waals surface area contributed by atoms with Crippen LogP contribution in [0.3, 0.4) is 0 Å². The van der Waals surface area contributed by atoms with E-state index in [0.717, 1.165) is 30.5 Å². The summed E-state index contributed by atoms with van der Waals surface area (Å²) in [5.74, 6) is 0.334. The third-order valence-corrected chi connectivity index (χ3v) is 5.22. The molecular weight excluding hydrogens is 323 g/mol. The molecule has 1 aromatic carbocycles. The Hall–Kier alpha value is -2.19. The number of halogens is 1. The zero-order chi connectivity index (χ0) is 17.1. The molecule has 0 aliphatic heterocycles. The van der Waals surface area contributed by atoms with Crippen molar-refractivity contribution in [1.82, 2.24) is 4.98 Å². The molecule has 0 saturated carbocycles. The van der Waals surface area contributed by atoms with Crippen LogP contribution in [0.15, 0.2) is 35.4 Å². The smallest absolute Gasteiger partial charge is 0.173 e. The van der Waals surface area contributed by atoms with Crippen molar-refractivity contribution < 1.29 is 9.18 Å². The third kappa shape index (κ3) is 3.65. The summed E-state index contributed by atoms with van der Waals surface area (Å²) in [6.45, 7) is 2.21. The highest BCUT2D eigenvalue weighted by Crippen LogP contribution is 2.29. The number of carbonyl (C=O) groups is 1. The van der Waals surface area contributed by atoms with Gasteiger partial charge < -0.3 is 0 Å². The molecule has 1 heterocycles. The van der Waals surface area contributed by atoms with E-state index in [4.69, 9.17) is 0 Å². The van der Waals surface area contributed by atoms with E-state index < -0.39 is 0 Å². The molecule has 1 aromatic heterocycles. The first-order chi connectivity index (χ1) is 11.6. The maximum atomic E-state index is 12.9. The van der Waals surface area contributed by atoms with Gasteiger partial charge in [-0.05, 0) is 61.1 Å². The van der Waals surface area contributed by atoms with Crippen molar-refractivity contribution in [2.45, 2.75) is 31.2 Å². The highest BCUT2D eigenvalue weighted by Gasteiger charge is 2.20. The van der Waals surface area contributed by atoms with E-state index in [2.05, 4.69) is 18.0 Å². The molecule has 0 radical (unpaired) electrons. The van der Waals surface area contributed by atoms with Crippen LogP contribution in [0.1, 0.15) is 40.5 Å². The topological polar surface area (TPSA) is 53.8 Å². The van der Waals surface area contributed by atoms with E-state index in [1.807, 2.05) is 6.07 Å². The molecule has 0 spiro atoms. The van der Waals surface area contributed by atoms with Crippen LogP contribution in [-0.4, -0.2) is 16.5 Å². The van der Waals surface area contributed by atoms with Crippen molar-refractivity contribution in [3.8, 4) is 6.07 Å². The molecular formula is C19H17FN2OS. The van der Waals surface area contributed by atoms with Crippen LogP contribution in [-0.2, 0) is 12.8 Å². The number of ketones is 1. The van der Waals surface area contributed by atoms with Crippen LogP contribution >= 0.6 is 11.8 Å². The Morgan fingerprint density at radius 1 is 1.42 bits per heavy atom. The number of fused-ring (bicyclic) bond motifs is 1. The van der Waals surface area contributed by atoms with Gasteiger partial charge in [0.2, 0.25) is 0 Å². The van der Waals surface area contributed by atoms with Gasteiger partial charge in [-0.15, -0.1) is 0 Å². The second kappa shape index (κ2) is 7.14. The van der Waals surface area contributed by atoms with Gasteiger partial charge in [-0.25, -0.2) is 9.37 Å². The minimum absolute atomic E-state index is 0.1000. The van der Waals surface area contributed by atoms with Gasteiger partial charge >= 0.3 is 0 Å². The highest BCUT2D eigenvalue weighted by molar-refractivity contribution is 8.00. The maximum Gasteiger partial charge on any atom is 0.173 e. The molecule has 1 aliphatic carbocycles. The Bertz CT molecular complexity index is 811. The zero-order valence-electron chi connectivity index (χ0n) is 13.4. The first-order valence-electron chi connectivity index (χ1n) is 7.91. The number of hydrogen-bond acceptors (Lipinski definition) is 4. The van der Waals surface area contributed by atoms with E-state index in [1.165, 1.54) is 36.0 Å². The number of nitrogens with zero attached hydrogens (tertiary/aromatic N) is 2. The number of rotatable bonds is 4. The Balaban J connectivity index is 1.76. The molecule has 3 nitrogen and oxygen atoms in total. The standard InChI is InChI=1S/C19H17FN2OS/c1-12-2-7-17-14(8-12)9-15(10-21)19(22-17)24-11-18(23)13-3-5-16(20)6-4-13/h3-6,9,12H,2,7-8,11H2,1H3. The van der Waals surface area contributed by atoms with E-state index in [0.29, 0.717) is 22.1 Å². The average Bonchev–Trinajstić information content (AvgIpc) is 2.59. The number of pyridine rings is 1. The SMILES string of the molecule is CC1CCc2nc(SCC(=O)c3ccc(F)cc3)c(C#N)cc2C1. The largest absolute Gasteiger partial charge is 0.293 e. The fraction of sp³-hybridized carbons (Fsp3) is 0.316. The number of nitriles is 1. The van der Waals surface area contributed by atoms with Gasteiger partial charge in [0.15, 0.2) is 5.78 Å². The van der Waals surface area contributed by atoms with Gasteiger partial charge in [-0.2, -0.15) is 5.26 Å². The lowest BCUT2D eigenvalue weighted by Gasteiger charge is -2.21. The second-order valence-corrected chi connectivity index (χ2v) is 7.09. The number of carbonyl (C=O) groups excluding carboxylic acids is 1. The molecule has 1 atom stereocenters. The average molecular weight is 340 g/mol. The molecule has 2 aromatic rings. The molecule has 3 rings (SSSR count). The second-order valence-electron chi connectivity index (χ2n) is 6.13. The van der Waals surface area contributed by atoms with Crippen molar-refractivity contribution in [2.24, 2.45) is 5.92 Å². The molecule has 122 valence electrons. The van der Waals surface area contributed by atoms with E-state index in [-0.39, 0.29) is 17.4 Å². The number of aryl methyl sites for hydroxylation is 1. The quantitative estimate of drug-likeness (QED) is 0.618. The van der Waals surface area contributed by atoms with Crippen molar-refractivity contribution in [3.05, 3.63) is 58.5 Å². The normalized spacial score (nSPS) is 16.3. The molecule has 0 amide bonds. The first kappa shape index (κ1) is 16.7. The number of thioether (sulfide) groups is 1. The summed E-state index contributed by atoms with van der Waals surface area (Å²) in [5.41, 5.74) is 3.19. The van der Waals surface area contributed by atoms with Gasteiger partial charge in [0, 0.05) is 11.3 Å². The van der Waals surface area contributed by atoms with Crippen molar-refractivity contribution in [2.75, 3.05) is 5.75 Å². The molecule has 1 unspecified atom stereocenters. The van der Waals surface area contributed by atoms with Gasteiger partial charge in [-0.3, -0.25) is 4.79 Å². The van der Waals surface area contributed by atoms with Crippen LogP contribution in [0.4, 0.5) is 4.39 Å². The molecule has 0 N–H and O–H groups in total. The van der Waals surface area contributed by atoms with Gasteiger partial charge in [0.05, 0.1) is 11.3 Å². The Kier molecular flexibility index (Phi) is 4.96. The maximum absolute atomic E-state index is 12.9. The van der Waals surface area contributed by atoms with Crippen LogP contribution in [0.25, 0.3) is 0 Å². The molecule has 24 heavy (non-hydrogen) atoms. The minimum Gasteiger partial charge on any atom is -0.293 e.